The molecule has 0 amide bonds. The number of methoxy groups -OCH3 is 1. The minimum atomic E-state index is 0.700. The third-order valence-corrected chi connectivity index (χ3v) is 3.70. The summed E-state index contributed by atoms with van der Waals surface area (Å²) in [5.41, 5.74) is 2.45. The average Bonchev–Trinajstić information content (AvgIpc) is 3.18. The lowest BCUT2D eigenvalue weighted by molar-refractivity contribution is 0.413. The van der Waals surface area contributed by atoms with Crippen LogP contribution in [0.2, 0.25) is 0 Å². The van der Waals surface area contributed by atoms with E-state index in [1.807, 2.05) is 60.0 Å². The molecule has 0 radical (unpaired) electrons. The summed E-state index contributed by atoms with van der Waals surface area (Å²) in [5.74, 6) is 3.00. The molecule has 3 aromatic heterocycles. The molecule has 0 aliphatic rings. The molecule has 0 bridgehead atoms. The summed E-state index contributed by atoms with van der Waals surface area (Å²) in [4.78, 5) is 9.19. The topological polar surface area (TPSA) is 53.1 Å². The van der Waals surface area contributed by atoms with Crippen molar-refractivity contribution in [3.8, 4) is 23.0 Å². The number of aromatic nitrogens is 3. The normalized spacial score (nSPS) is 11.0. The van der Waals surface area contributed by atoms with Gasteiger partial charge in [0.25, 0.3) is 0 Å². The van der Waals surface area contributed by atoms with E-state index in [1.54, 1.807) is 13.3 Å². The Bertz CT molecular complexity index is 985. The van der Waals surface area contributed by atoms with Crippen LogP contribution in [0.4, 0.5) is 0 Å². The standard InChI is InChI=1S/C18H15N3O2/c1-12-9-10-16(23-12)18-20-13-6-5-11-19-17(13)21(18)14-7-3-4-8-15(14)22-2/h3-11H,1-2H3. The zero-order chi connectivity index (χ0) is 15.8. The van der Waals surface area contributed by atoms with Crippen molar-refractivity contribution in [2.24, 2.45) is 0 Å². The van der Waals surface area contributed by atoms with Crippen LogP contribution < -0.4 is 4.74 Å². The first-order valence-electron chi connectivity index (χ1n) is 7.31. The van der Waals surface area contributed by atoms with Gasteiger partial charge < -0.3 is 9.15 Å². The van der Waals surface area contributed by atoms with Crippen molar-refractivity contribution in [2.45, 2.75) is 6.92 Å². The Labute approximate surface area is 133 Å². The third kappa shape index (κ3) is 2.17. The molecule has 0 N–H and O–H groups in total. The number of hydrogen-bond donors (Lipinski definition) is 0. The number of pyridine rings is 1. The Kier molecular flexibility index (Phi) is 3.12. The first kappa shape index (κ1) is 13.6. The van der Waals surface area contributed by atoms with Crippen LogP contribution in [-0.4, -0.2) is 21.6 Å². The zero-order valence-electron chi connectivity index (χ0n) is 12.9. The van der Waals surface area contributed by atoms with Crippen molar-refractivity contribution < 1.29 is 9.15 Å². The monoisotopic (exact) mass is 305 g/mol. The molecule has 0 saturated carbocycles. The van der Waals surface area contributed by atoms with E-state index in [1.165, 1.54) is 0 Å². The lowest BCUT2D eigenvalue weighted by Gasteiger charge is -2.11. The molecule has 1 aromatic carbocycles. The molecule has 5 nitrogen and oxygen atoms in total. The van der Waals surface area contributed by atoms with Crippen molar-refractivity contribution >= 4 is 11.2 Å². The van der Waals surface area contributed by atoms with Crippen LogP contribution in [0.3, 0.4) is 0 Å². The van der Waals surface area contributed by atoms with E-state index < -0.39 is 0 Å². The number of furan rings is 1. The molecule has 3 heterocycles. The lowest BCUT2D eigenvalue weighted by atomic mass is 10.2. The van der Waals surface area contributed by atoms with Crippen molar-refractivity contribution in [1.29, 1.82) is 0 Å². The SMILES string of the molecule is COc1ccccc1-n1c(-c2ccc(C)o2)nc2cccnc21. The highest BCUT2D eigenvalue weighted by Crippen LogP contribution is 2.32. The Morgan fingerprint density at radius 2 is 1.91 bits per heavy atom. The van der Waals surface area contributed by atoms with Crippen molar-refractivity contribution in [3.63, 3.8) is 0 Å². The number of benzene rings is 1. The van der Waals surface area contributed by atoms with Crippen LogP contribution in [-0.2, 0) is 0 Å². The fraction of sp³-hybridized carbons (Fsp3) is 0.111. The zero-order valence-corrected chi connectivity index (χ0v) is 12.9. The molecule has 0 aliphatic carbocycles. The first-order valence-corrected chi connectivity index (χ1v) is 7.31. The number of aryl methyl sites for hydroxylation is 1. The molecule has 4 aromatic rings. The molecule has 0 spiro atoms. The minimum absolute atomic E-state index is 0.700. The molecule has 0 atom stereocenters. The van der Waals surface area contributed by atoms with E-state index >= 15 is 0 Å². The largest absolute Gasteiger partial charge is 0.495 e. The van der Waals surface area contributed by atoms with Gasteiger partial charge >= 0.3 is 0 Å². The summed E-state index contributed by atoms with van der Waals surface area (Å²) in [5, 5.41) is 0. The molecule has 0 saturated heterocycles. The number of para-hydroxylation sites is 2. The molecular weight excluding hydrogens is 290 g/mol. The number of ether oxygens (including phenoxy) is 1. The summed E-state index contributed by atoms with van der Waals surface area (Å²) in [6.07, 6.45) is 1.76. The van der Waals surface area contributed by atoms with Crippen molar-refractivity contribution in [1.82, 2.24) is 14.5 Å². The highest BCUT2D eigenvalue weighted by atomic mass is 16.5. The van der Waals surface area contributed by atoms with Gasteiger partial charge in [-0.25, -0.2) is 9.97 Å². The van der Waals surface area contributed by atoms with Gasteiger partial charge in [0.2, 0.25) is 0 Å². The number of hydrogen-bond acceptors (Lipinski definition) is 4. The first-order chi connectivity index (χ1) is 11.3. The van der Waals surface area contributed by atoms with Crippen molar-refractivity contribution in [3.05, 3.63) is 60.5 Å². The van der Waals surface area contributed by atoms with Crippen LogP contribution in [0.25, 0.3) is 28.4 Å². The second-order valence-electron chi connectivity index (χ2n) is 5.20. The van der Waals surface area contributed by atoms with Gasteiger partial charge in [0.05, 0.1) is 12.8 Å². The van der Waals surface area contributed by atoms with Gasteiger partial charge in [-0.2, -0.15) is 0 Å². The predicted molar refractivity (Wildman–Crippen MR) is 87.9 cm³/mol. The van der Waals surface area contributed by atoms with Gasteiger partial charge in [-0.05, 0) is 43.3 Å². The van der Waals surface area contributed by atoms with Gasteiger partial charge in [0.15, 0.2) is 17.2 Å². The number of rotatable bonds is 3. The molecule has 23 heavy (non-hydrogen) atoms. The number of imidazole rings is 1. The van der Waals surface area contributed by atoms with E-state index in [4.69, 9.17) is 14.1 Å². The molecule has 4 rings (SSSR count). The molecule has 0 aliphatic heterocycles. The highest BCUT2D eigenvalue weighted by Gasteiger charge is 2.19. The maximum absolute atomic E-state index is 5.78. The Balaban J connectivity index is 2.07. The lowest BCUT2D eigenvalue weighted by Crippen LogP contribution is -2.00. The van der Waals surface area contributed by atoms with E-state index in [-0.39, 0.29) is 0 Å². The molecular formula is C18H15N3O2. The predicted octanol–water partition coefficient (Wildman–Crippen LogP) is 4.00. The van der Waals surface area contributed by atoms with E-state index in [2.05, 4.69) is 4.98 Å². The molecule has 5 heteroatoms. The van der Waals surface area contributed by atoms with Crippen LogP contribution in [0.1, 0.15) is 5.76 Å². The Morgan fingerprint density at radius 1 is 1.04 bits per heavy atom. The smallest absolute Gasteiger partial charge is 0.183 e. The van der Waals surface area contributed by atoms with Gasteiger partial charge in [-0.15, -0.1) is 0 Å². The van der Waals surface area contributed by atoms with E-state index in [0.717, 1.165) is 28.4 Å². The number of fused-ring (bicyclic) bond motifs is 1. The van der Waals surface area contributed by atoms with Crippen LogP contribution in [0, 0.1) is 6.92 Å². The average molecular weight is 305 g/mol. The number of nitrogens with zero attached hydrogens (tertiary/aromatic N) is 3. The fourth-order valence-electron chi connectivity index (χ4n) is 2.68. The molecule has 114 valence electrons. The van der Waals surface area contributed by atoms with E-state index in [0.29, 0.717) is 11.6 Å². The summed E-state index contributed by atoms with van der Waals surface area (Å²) < 4.78 is 13.3. The summed E-state index contributed by atoms with van der Waals surface area (Å²) in [6, 6.07) is 15.5. The summed E-state index contributed by atoms with van der Waals surface area (Å²) in [6.45, 7) is 1.91. The van der Waals surface area contributed by atoms with Gasteiger partial charge in [0, 0.05) is 6.20 Å². The minimum Gasteiger partial charge on any atom is -0.495 e. The third-order valence-electron chi connectivity index (χ3n) is 3.70. The maximum Gasteiger partial charge on any atom is 0.183 e. The highest BCUT2D eigenvalue weighted by molar-refractivity contribution is 5.79. The van der Waals surface area contributed by atoms with Crippen molar-refractivity contribution in [2.75, 3.05) is 7.11 Å². The Morgan fingerprint density at radius 3 is 2.70 bits per heavy atom. The maximum atomic E-state index is 5.78. The van der Waals surface area contributed by atoms with Gasteiger partial charge in [-0.3, -0.25) is 4.57 Å². The van der Waals surface area contributed by atoms with E-state index in [9.17, 15) is 0 Å². The van der Waals surface area contributed by atoms with Crippen LogP contribution in [0.15, 0.2) is 59.1 Å². The Hall–Kier alpha value is -3.08. The quantitative estimate of drug-likeness (QED) is 0.574. The molecule has 0 unspecified atom stereocenters. The summed E-state index contributed by atoms with van der Waals surface area (Å²) >= 11 is 0. The summed E-state index contributed by atoms with van der Waals surface area (Å²) in [7, 11) is 1.65. The van der Waals surface area contributed by atoms with Crippen LogP contribution in [0.5, 0.6) is 5.75 Å². The van der Waals surface area contributed by atoms with Gasteiger partial charge in [-0.1, -0.05) is 12.1 Å². The second-order valence-corrected chi connectivity index (χ2v) is 5.20. The van der Waals surface area contributed by atoms with Gasteiger partial charge in [0.1, 0.15) is 17.0 Å². The van der Waals surface area contributed by atoms with Crippen LogP contribution >= 0.6 is 0 Å². The molecule has 0 fully saturated rings. The fourth-order valence-corrected chi connectivity index (χ4v) is 2.68. The second kappa shape index (κ2) is 5.28.